The molecule has 0 radical (unpaired) electrons. The van der Waals surface area contributed by atoms with Gasteiger partial charge in [0, 0.05) is 23.1 Å². The number of rotatable bonds is 9. The first kappa shape index (κ1) is 15.8. The highest BCUT2D eigenvalue weighted by Crippen LogP contribution is 2.16. The highest BCUT2D eigenvalue weighted by molar-refractivity contribution is 7.98. The van der Waals surface area contributed by atoms with Gasteiger partial charge in [0.2, 0.25) is 0 Å². The number of aliphatic hydroxyl groups excluding tert-OH is 1. The van der Waals surface area contributed by atoms with E-state index in [2.05, 4.69) is 6.92 Å². The van der Waals surface area contributed by atoms with E-state index in [9.17, 15) is 5.11 Å². The maximum absolute atomic E-state index is 9.70. The normalized spacial score (nSPS) is 12.6. The summed E-state index contributed by atoms with van der Waals surface area (Å²) < 4.78 is 5.37. The molecule has 0 spiro atoms. The Morgan fingerprint density at radius 3 is 2.72 bits per heavy atom. The Bertz CT molecular complexity index is 316. The van der Waals surface area contributed by atoms with Crippen LogP contribution in [0.3, 0.4) is 0 Å². The number of thioether (sulfide) groups is 1. The van der Waals surface area contributed by atoms with E-state index in [1.165, 1.54) is 5.56 Å². The quantitative estimate of drug-likeness (QED) is 0.702. The van der Waals surface area contributed by atoms with Crippen molar-refractivity contribution in [3.63, 3.8) is 0 Å². The van der Waals surface area contributed by atoms with Gasteiger partial charge in [0.15, 0.2) is 0 Å². The molecule has 0 aliphatic carbocycles. The molecule has 1 aromatic rings. The summed E-state index contributed by atoms with van der Waals surface area (Å²) in [7, 11) is 0. The van der Waals surface area contributed by atoms with Crippen molar-refractivity contribution in [2.24, 2.45) is 0 Å². The fourth-order valence-corrected chi connectivity index (χ4v) is 2.45. The second-order valence-corrected chi connectivity index (χ2v) is 5.69. The van der Waals surface area contributed by atoms with E-state index in [1.54, 1.807) is 11.8 Å². The summed E-state index contributed by atoms with van der Waals surface area (Å²) in [5, 5.41) is 10.5. The van der Waals surface area contributed by atoms with Crippen LogP contribution in [0.5, 0.6) is 0 Å². The fourth-order valence-electron chi connectivity index (χ4n) is 1.41. The third kappa shape index (κ3) is 7.27. The number of ether oxygens (including phenoxy) is 1. The maximum Gasteiger partial charge on any atom is 0.0863 e. The van der Waals surface area contributed by atoms with Gasteiger partial charge in [-0.05, 0) is 24.1 Å². The average Bonchev–Trinajstić information content (AvgIpc) is 2.37. The molecule has 0 aromatic heterocycles. The molecule has 0 fully saturated rings. The Labute approximate surface area is 119 Å². The highest BCUT2D eigenvalue weighted by atomic mass is 35.5. The smallest absolute Gasteiger partial charge is 0.0863 e. The molecule has 1 aromatic carbocycles. The van der Waals surface area contributed by atoms with Crippen molar-refractivity contribution >= 4 is 23.4 Å². The Morgan fingerprint density at radius 2 is 2.06 bits per heavy atom. The predicted octanol–water partition coefficient (Wildman–Crippen LogP) is 3.75. The Balaban J connectivity index is 2.07. The first-order valence-electron chi connectivity index (χ1n) is 6.30. The SMILES string of the molecule is CCCCOCC(O)CSCc1ccc(Cl)cc1. The molecule has 2 nitrogen and oxygen atoms in total. The van der Waals surface area contributed by atoms with Gasteiger partial charge < -0.3 is 9.84 Å². The molecule has 0 aliphatic heterocycles. The van der Waals surface area contributed by atoms with Gasteiger partial charge in [-0.1, -0.05) is 37.1 Å². The van der Waals surface area contributed by atoms with Gasteiger partial charge in [0.05, 0.1) is 12.7 Å². The van der Waals surface area contributed by atoms with E-state index in [0.717, 1.165) is 30.2 Å². The molecular formula is C14H21ClO2S. The number of aliphatic hydroxyl groups is 1. The molecule has 1 N–H and O–H groups in total. The van der Waals surface area contributed by atoms with Crippen molar-refractivity contribution in [2.75, 3.05) is 19.0 Å². The van der Waals surface area contributed by atoms with E-state index in [-0.39, 0.29) is 6.10 Å². The Morgan fingerprint density at radius 1 is 1.33 bits per heavy atom. The molecule has 0 saturated carbocycles. The zero-order valence-electron chi connectivity index (χ0n) is 10.8. The largest absolute Gasteiger partial charge is 0.390 e. The summed E-state index contributed by atoms with van der Waals surface area (Å²) in [6.07, 6.45) is 1.81. The highest BCUT2D eigenvalue weighted by Gasteiger charge is 2.04. The van der Waals surface area contributed by atoms with Crippen LogP contribution in [-0.4, -0.2) is 30.2 Å². The first-order chi connectivity index (χ1) is 8.72. The zero-order chi connectivity index (χ0) is 13.2. The van der Waals surface area contributed by atoms with E-state index in [0.29, 0.717) is 12.4 Å². The van der Waals surface area contributed by atoms with Crippen molar-refractivity contribution in [3.05, 3.63) is 34.9 Å². The van der Waals surface area contributed by atoms with Crippen LogP contribution in [0.15, 0.2) is 24.3 Å². The molecule has 1 atom stereocenters. The van der Waals surface area contributed by atoms with Crippen LogP contribution in [0.2, 0.25) is 5.02 Å². The summed E-state index contributed by atoms with van der Waals surface area (Å²) in [5.41, 5.74) is 1.23. The average molecular weight is 289 g/mol. The van der Waals surface area contributed by atoms with Gasteiger partial charge in [-0.3, -0.25) is 0 Å². The Kier molecular flexibility index (Phi) is 8.51. The van der Waals surface area contributed by atoms with Crippen LogP contribution < -0.4 is 0 Å². The van der Waals surface area contributed by atoms with Gasteiger partial charge in [0.25, 0.3) is 0 Å². The fraction of sp³-hybridized carbons (Fsp3) is 0.571. The lowest BCUT2D eigenvalue weighted by molar-refractivity contribution is 0.0473. The van der Waals surface area contributed by atoms with E-state index in [1.807, 2.05) is 24.3 Å². The monoisotopic (exact) mass is 288 g/mol. The first-order valence-corrected chi connectivity index (χ1v) is 7.83. The van der Waals surface area contributed by atoms with Crippen molar-refractivity contribution in [2.45, 2.75) is 31.6 Å². The summed E-state index contributed by atoms with van der Waals surface area (Å²) >= 11 is 7.53. The van der Waals surface area contributed by atoms with Crippen LogP contribution in [0.1, 0.15) is 25.3 Å². The summed E-state index contributed by atoms with van der Waals surface area (Å²) in [6, 6.07) is 7.81. The van der Waals surface area contributed by atoms with Crippen molar-refractivity contribution in [1.82, 2.24) is 0 Å². The van der Waals surface area contributed by atoms with Crippen LogP contribution in [0, 0.1) is 0 Å². The van der Waals surface area contributed by atoms with Gasteiger partial charge in [-0.15, -0.1) is 0 Å². The Hall–Kier alpha value is -0.220. The topological polar surface area (TPSA) is 29.5 Å². The molecule has 0 saturated heterocycles. The van der Waals surface area contributed by atoms with E-state index in [4.69, 9.17) is 16.3 Å². The van der Waals surface area contributed by atoms with Gasteiger partial charge in [0.1, 0.15) is 0 Å². The van der Waals surface area contributed by atoms with E-state index < -0.39 is 0 Å². The lowest BCUT2D eigenvalue weighted by Crippen LogP contribution is -2.18. The molecular weight excluding hydrogens is 268 g/mol. The zero-order valence-corrected chi connectivity index (χ0v) is 12.3. The third-order valence-corrected chi connectivity index (χ3v) is 3.85. The van der Waals surface area contributed by atoms with Gasteiger partial charge >= 0.3 is 0 Å². The van der Waals surface area contributed by atoms with Crippen molar-refractivity contribution in [3.8, 4) is 0 Å². The minimum Gasteiger partial charge on any atom is -0.390 e. The molecule has 0 bridgehead atoms. The number of benzene rings is 1. The minimum atomic E-state index is -0.376. The number of unbranched alkanes of at least 4 members (excludes halogenated alkanes) is 1. The standard InChI is InChI=1S/C14H21ClO2S/c1-2-3-8-17-9-14(16)11-18-10-12-4-6-13(15)7-5-12/h4-7,14,16H,2-3,8-11H2,1H3. The van der Waals surface area contributed by atoms with Crippen LogP contribution in [0.4, 0.5) is 0 Å². The van der Waals surface area contributed by atoms with Crippen LogP contribution >= 0.6 is 23.4 Å². The maximum atomic E-state index is 9.70. The van der Waals surface area contributed by atoms with Gasteiger partial charge in [-0.2, -0.15) is 11.8 Å². The molecule has 0 amide bonds. The second-order valence-electron chi connectivity index (χ2n) is 4.22. The summed E-state index contributed by atoms with van der Waals surface area (Å²) in [4.78, 5) is 0. The van der Waals surface area contributed by atoms with Crippen molar-refractivity contribution < 1.29 is 9.84 Å². The molecule has 0 aliphatic rings. The number of halogens is 1. The van der Waals surface area contributed by atoms with E-state index >= 15 is 0 Å². The summed E-state index contributed by atoms with van der Waals surface area (Å²) in [5.74, 6) is 1.60. The molecule has 0 heterocycles. The number of hydrogen-bond acceptors (Lipinski definition) is 3. The third-order valence-electron chi connectivity index (χ3n) is 2.44. The van der Waals surface area contributed by atoms with Crippen molar-refractivity contribution in [1.29, 1.82) is 0 Å². The predicted molar refractivity (Wildman–Crippen MR) is 79.3 cm³/mol. The van der Waals surface area contributed by atoms with Gasteiger partial charge in [-0.25, -0.2) is 0 Å². The molecule has 1 unspecified atom stereocenters. The lowest BCUT2D eigenvalue weighted by Gasteiger charge is -2.10. The molecule has 1 rings (SSSR count). The molecule has 4 heteroatoms. The number of hydrogen-bond donors (Lipinski definition) is 1. The molecule has 102 valence electrons. The lowest BCUT2D eigenvalue weighted by atomic mass is 10.2. The second kappa shape index (κ2) is 9.68. The summed E-state index contributed by atoms with van der Waals surface area (Å²) in [6.45, 7) is 3.31. The molecule has 18 heavy (non-hydrogen) atoms. The minimum absolute atomic E-state index is 0.376. The van der Waals surface area contributed by atoms with Crippen LogP contribution in [0.25, 0.3) is 0 Å². The van der Waals surface area contributed by atoms with Crippen LogP contribution in [-0.2, 0) is 10.5 Å².